The molecule has 2 saturated heterocycles. The van der Waals surface area contributed by atoms with Gasteiger partial charge in [-0.25, -0.2) is 4.79 Å². The lowest BCUT2D eigenvalue weighted by molar-refractivity contribution is -0.384. The fourth-order valence-electron chi connectivity index (χ4n) is 3.34. The van der Waals surface area contributed by atoms with E-state index in [0.29, 0.717) is 5.69 Å². The summed E-state index contributed by atoms with van der Waals surface area (Å²) in [5.74, 6) is 0. The number of carbonyl (C=O) groups excluding carboxylic acids is 1. The fraction of sp³-hybridized carbons (Fsp3) is 0.533. The Bertz CT molecular complexity index is 567. The normalized spacial score (nSPS) is 20.1. The maximum atomic E-state index is 12.3. The largest absolute Gasteiger partial charge is 0.324 e. The van der Waals surface area contributed by atoms with Gasteiger partial charge in [0.05, 0.1) is 4.92 Å². The highest BCUT2D eigenvalue weighted by atomic mass is 16.6. The van der Waals surface area contributed by atoms with Crippen molar-refractivity contribution in [2.45, 2.75) is 19.3 Å². The topological polar surface area (TPSA) is 87.5 Å². The molecule has 2 aliphatic rings. The van der Waals surface area contributed by atoms with Crippen molar-refractivity contribution >= 4 is 17.4 Å². The Balaban J connectivity index is 1.59. The van der Waals surface area contributed by atoms with Crippen LogP contribution in [0.3, 0.4) is 0 Å². The van der Waals surface area contributed by atoms with Gasteiger partial charge in [-0.05, 0) is 49.9 Å². The van der Waals surface area contributed by atoms with Crippen LogP contribution in [0.2, 0.25) is 0 Å². The zero-order valence-corrected chi connectivity index (χ0v) is 12.4. The minimum absolute atomic E-state index is 0.0211. The van der Waals surface area contributed by atoms with Crippen LogP contribution in [0.4, 0.5) is 16.2 Å². The lowest BCUT2D eigenvalue weighted by atomic mass is 9.78. The Labute approximate surface area is 128 Å². The molecule has 0 atom stereocenters. The molecule has 0 bridgehead atoms. The summed E-state index contributed by atoms with van der Waals surface area (Å²) in [6, 6.07) is 5.80. The molecule has 2 N–H and O–H groups in total. The van der Waals surface area contributed by atoms with E-state index >= 15 is 0 Å². The van der Waals surface area contributed by atoms with Crippen molar-refractivity contribution in [1.29, 1.82) is 0 Å². The molecule has 1 aromatic carbocycles. The van der Waals surface area contributed by atoms with Gasteiger partial charge in [-0.3, -0.25) is 10.1 Å². The number of nitro benzene ring substituents is 1. The van der Waals surface area contributed by atoms with Gasteiger partial charge in [0.15, 0.2) is 0 Å². The lowest BCUT2D eigenvalue weighted by Gasteiger charge is -2.33. The van der Waals surface area contributed by atoms with Gasteiger partial charge >= 0.3 is 6.03 Å². The molecule has 2 amide bonds. The predicted molar refractivity (Wildman–Crippen MR) is 82.8 cm³/mol. The van der Waals surface area contributed by atoms with Gasteiger partial charge in [0.2, 0.25) is 0 Å². The molecule has 3 rings (SSSR count). The van der Waals surface area contributed by atoms with Crippen LogP contribution in [0.5, 0.6) is 0 Å². The number of anilines is 1. The van der Waals surface area contributed by atoms with Gasteiger partial charge in [0.1, 0.15) is 0 Å². The lowest BCUT2D eigenvalue weighted by Crippen LogP contribution is -2.40. The van der Waals surface area contributed by atoms with Gasteiger partial charge in [0.25, 0.3) is 5.69 Å². The van der Waals surface area contributed by atoms with Crippen LogP contribution < -0.4 is 10.6 Å². The van der Waals surface area contributed by atoms with E-state index in [4.69, 9.17) is 0 Å². The van der Waals surface area contributed by atoms with Crippen LogP contribution >= 0.6 is 0 Å². The summed E-state index contributed by atoms with van der Waals surface area (Å²) in [5.41, 5.74) is 0.882. The maximum Gasteiger partial charge on any atom is 0.321 e. The first-order valence-electron chi connectivity index (χ1n) is 7.59. The smallest absolute Gasteiger partial charge is 0.321 e. The quantitative estimate of drug-likeness (QED) is 0.647. The number of amides is 2. The molecular weight excluding hydrogens is 284 g/mol. The second kappa shape index (κ2) is 5.92. The molecule has 1 aromatic rings. The molecular formula is C15H20N4O3. The van der Waals surface area contributed by atoms with Gasteiger partial charge < -0.3 is 15.5 Å². The number of rotatable bonds is 2. The zero-order chi connectivity index (χ0) is 15.6. The predicted octanol–water partition coefficient (Wildman–Crippen LogP) is 2.20. The molecule has 118 valence electrons. The number of likely N-dealkylation sites (tertiary alicyclic amines) is 1. The Morgan fingerprint density at radius 1 is 1.23 bits per heavy atom. The monoisotopic (exact) mass is 304 g/mol. The van der Waals surface area contributed by atoms with Crippen LogP contribution in [0, 0.1) is 15.5 Å². The highest BCUT2D eigenvalue weighted by Crippen LogP contribution is 2.38. The minimum Gasteiger partial charge on any atom is -0.324 e. The Kier molecular flexibility index (Phi) is 3.98. The summed E-state index contributed by atoms with van der Waals surface area (Å²) in [6.45, 7) is 3.63. The molecule has 0 radical (unpaired) electrons. The molecule has 2 heterocycles. The Morgan fingerprint density at radius 3 is 2.55 bits per heavy atom. The third-order valence-corrected chi connectivity index (χ3v) is 4.72. The van der Waals surface area contributed by atoms with Gasteiger partial charge in [-0.1, -0.05) is 0 Å². The number of carbonyl (C=O) groups is 1. The Hall–Kier alpha value is -2.15. The van der Waals surface area contributed by atoms with Crippen LogP contribution in [0.25, 0.3) is 0 Å². The summed E-state index contributed by atoms with van der Waals surface area (Å²) >= 11 is 0. The number of non-ortho nitro benzene ring substituents is 1. The molecule has 22 heavy (non-hydrogen) atoms. The molecule has 0 aliphatic carbocycles. The van der Waals surface area contributed by atoms with Crippen LogP contribution in [0.1, 0.15) is 19.3 Å². The van der Waals surface area contributed by atoms with E-state index in [0.717, 1.165) is 45.4 Å². The number of hydrogen-bond donors (Lipinski definition) is 2. The van der Waals surface area contributed by atoms with Gasteiger partial charge in [0, 0.05) is 30.9 Å². The molecule has 0 saturated carbocycles. The number of urea groups is 1. The van der Waals surface area contributed by atoms with Crippen molar-refractivity contribution in [3.8, 4) is 0 Å². The molecule has 7 heteroatoms. The number of nitro groups is 1. The van der Waals surface area contributed by atoms with Crippen molar-refractivity contribution in [2.75, 3.05) is 31.5 Å². The second-order valence-electron chi connectivity index (χ2n) is 6.16. The standard InChI is InChI=1S/C15H20N4O3/c20-14(17-12-1-3-13(4-2-12)19(21)22)18-10-7-15(11-18)5-8-16-9-6-15/h1-4,16H,5-11H2,(H,17,20). The minimum atomic E-state index is -0.451. The summed E-state index contributed by atoms with van der Waals surface area (Å²) in [7, 11) is 0. The average molecular weight is 304 g/mol. The average Bonchev–Trinajstić information content (AvgIpc) is 2.92. The number of benzene rings is 1. The first-order chi connectivity index (χ1) is 10.6. The number of hydrogen-bond acceptors (Lipinski definition) is 4. The number of nitrogens with one attached hydrogen (secondary N) is 2. The zero-order valence-electron chi connectivity index (χ0n) is 12.4. The highest BCUT2D eigenvalue weighted by Gasteiger charge is 2.40. The molecule has 7 nitrogen and oxygen atoms in total. The van der Waals surface area contributed by atoms with E-state index < -0.39 is 4.92 Å². The maximum absolute atomic E-state index is 12.3. The van der Waals surface area contributed by atoms with Crippen LogP contribution in [-0.4, -0.2) is 42.0 Å². The van der Waals surface area contributed by atoms with Crippen molar-refractivity contribution < 1.29 is 9.72 Å². The van der Waals surface area contributed by atoms with Crippen molar-refractivity contribution in [3.63, 3.8) is 0 Å². The van der Waals surface area contributed by atoms with Crippen LogP contribution in [0.15, 0.2) is 24.3 Å². The number of piperidine rings is 1. The van der Waals surface area contributed by atoms with Crippen molar-refractivity contribution in [3.05, 3.63) is 34.4 Å². The van der Waals surface area contributed by atoms with E-state index in [9.17, 15) is 14.9 Å². The van der Waals surface area contributed by atoms with E-state index in [2.05, 4.69) is 10.6 Å². The first-order valence-corrected chi connectivity index (χ1v) is 7.59. The van der Waals surface area contributed by atoms with Gasteiger partial charge in [-0.15, -0.1) is 0 Å². The third-order valence-electron chi connectivity index (χ3n) is 4.72. The summed E-state index contributed by atoms with van der Waals surface area (Å²) in [4.78, 5) is 24.3. The second-order valence-corrected chi connectivity index (χ2v) is 6.16. The Morgan fingerprint density at radius 2 is 1.91 bits per heavy atom. The third kappa shape index (κ3) is 3.04. The van der Waals surface area contributed by atoms with Crippen LogP contribution in [-0.2, 0) is 0 Å². The first kappa shape index (κ1) is 14.8. The van der Waals surface area contributed by atoms with E-state index in [1.165, 1.54) is 12.1 Å². The molecule has 0 unspecified atom stereocenters. The fourth-order valence-corrected chi connectivity index (χ4v) is 3.34. The van der Waals surface area contributed by atoms with E-state index in [1.807, 2.05) is 4.90 Å². The van der Waals surface area contributed by atoms with E-state index in [-0.39, 0.29) is 17.1 Å². The SMILES string of the molecule is O=C(Nc1ccc([N+](=O)[O-])cc1)N1CCC2(CCNCC2)C1. The van der Waals surface area contributed by atoms with Gasteiger partial charge in [-0.2, -0.15) is 0 Å². The molecule has 1 spiro atoms. The summed E-state index contributed by atoms with van der Waals surface area (Å²) in [5, 5.41) is 16.8. The molecule has 2 aliphatic heterocycles. The molecule has 2 fully saturated rings. The highest BCUT2D eigenvalue weighted by molar-refractivity contribution is 5.89. The van der Waals surface area contributed by atoms with E-state index in [1.54, 1.807) is 12.1 Å². The molecule has 0 aromatic heterocycles. The summed E-state index contributed by atoms with van der Waals surface area (Å²) < 4.78 is 0. The van der Waals surface area contributed by atoms with Crippen molar-refractivity contribution in [2.24, 2.45) is 5.41 Å². The summed E-state index contributed by atoms with van der Waals surface area (Å²) in [6.07, 6.45) is 3.30. The number of nitrogens with zero attached hydrogens (tertiary/aromatic N) is 2. The van der Waals surface area contributed by atoms with Crippen molar-refractivity contribution in [1.82, 2.24) is 10.2 Å².